The summed E-state index contributed by atoms with van der Waals surface area (Å²) in [6.07, 6.45) is 7.43. The second-order valence-corrected chi connectivity index (χ2v) is 17.2. The first kappa shape index (κ1) is 23.9. The van der Waals surface area contributed by atoms with Crippen molar-refractivity contribution in [3.05, 3.63) is 39.9 Å². The molecule has 1 saturated heterocycles. The molecule has 0 N–H and O–H groups in total. The molecule has 33 heavy (non-hydrogen) atoms. The number of fused-ring (bicyclic) bond motifs is 2. The number of ether oxygens (including phenoxy) is 2. The highest BCUT2D eigenvalue weighted by atomic mass is 35.5. The fourth-order valence-electron chi connectivity index (χ4n) is 5.45. The molecule has 0 amide bonds. The van der Waals surface area contributed by atoms with Crippen LogP contribution in [-0.2, 0) is 15.9 Å². The van der Waals surface area contributed by atoms with E-state index in [1.54, 1.807) is 5.57 Å². The third-order valence-corrected chi connectivity index (χ3v) is 13.4. The molecule has 2 fully saturated rings. The number of hydrogen-bond donors (Lipinski definition) is 0. The quantitative estimate of drug-likeness (QED) is 0.333. The van der Waals surface area contributed by atoms with E-state index >= 15 is 0 Å². The summed E-state index contributed by atoms with van der Waals surface area (Å²) in [4.78, 5) is 2.74. The average Bonchev–Trinajstić information content (AvgIpc) is 3.42. The molecule has 2 aliphatic carbocycles. The van der Waals surface area contributed by atoms with E-state index in [-0.39, 0.29) is 17.2 Å². The molecule has 5 rings (SSSR count). The van der Waals surface area contributed by atoms with Gasteiger partial charge in [-0.05, 0) is 91.9 Å². The van der Waals surface area contributed by atoms with Crippen LogP contribution in [0, 0.1) is 5.92 Å². The predicted molar refractivity (Wildman–Crippen MR) is 137 cm³/mol. The van der Waals surface area contributed by atoms with Crippen LogP contribution in [0.3, 0.4) is 0 Å². The third kappa shape index (κ3) is 4.95. The van der Waals surface area contributed by atoms with Crippen LogP contribution in [-0.4, -0.2) is 51.3 Å². The maximum Gasteiger partial charge on any atom is 0.250 e. The Morgan fingerprint density at radius 3 is 2.61 bits per heavy atom. The molecule has 4 nitrogen and oxygen atoms in total. The van der Waals surface area contributed by atoms with E-state index in [4.69, 9.17) is 25.5 Å². The lowest BCUT2D eigenvalue weighted by molar-refractivity contribution is 0.0416. The monoisotopic (exact) mass is 489 g/mol. The molecule has 0 unspecified atom stereocenters. The Morgan fingerprint density at radius 1 is 1.09 bits per heavy atom. The maximum atomic E-state index is 6.78. The Kier molecular flexibility index (Phi) is 6.49. The zero-order chi connectivity index (χ0) is 23.4. The molecule has 2 heterocycles. The summed E-state index contributed by atoms with van der Waals surface area (Å²) in [5.41, 5.74) is 4.32. The van der Waals surface area contributed by atoms with Gasteiger partial charge in [-0.3, -0.25) is 4.90 Å². The molecular weight excluding hydrogens is 450 g/mol. The van der Waals surface area contributed by atoms with Crippen molar-refractivity contribution in [2.75, 3.05) is 19.9 Å². The largest absolute Gasteiger partial charge is 0.543 e. The summed E-state index contributed by atoms with van der Waals surface area (Å²) in [5.74, 6) is 1.84. The number of halogens is 1. The van der Waals surface area contributed by atoms with Crippen molar-refractivity contribution in [1.29, 1.82) is 0 Å². The van der Waals surface area contributed by atoms with E-state index in [1.807, 2.05) is 6.07 Å². The van der Waals surface area contributed by atoms with Gasteiger partial charge in [0.25, 0.3) is 0 Å². The van der Waals surface area contributed by atoms with E-state index in [1.165, 1.54) is 30.5 Å². The second-order valence-electron chi connectivity index (χ2n) is 12.0. The molecule has 0 aromatic heterocycles. The maximum absolute atomic E-state index is 6.78. The van der Waals surface area contributed by atoms with Crippen molar-refractivity contribution in [2.24, 2.45) is 5.92 Å². The topological polar surface area (TPSA) is 30.9 Å². The van der Waals surface area contributed by atoms with Crippen LogP contribution in [0.5, 0.6) is 5.75 Å². The van der Waals surface area contributed by atoms with Gasteiger partial charge in [0, 0.05) is 24.2 Å². The van der Waals surface area contributed by atoms with E-state index in [0.717, 1.165) is 48.9 Å². The van der Waals surface area contributed by atoms with Crippen LogP contribution >= 0.6 is 11.6 Å². The molecule has 6 heteroatoms. The first-order valence-corrected chi connectivity index (χ1v) is 16.1. The molecule has 4 aliphatic rings. The smallest absolute Gasteiger partial charge is 0.250 e. The summed E-state index contributed by atoms with van der Waals surface area (Å²) < 4.78 is 18.5. The summed E-state index contributed by atoms with van der Waals surface area (Å²) in [5, 5.41) is 1.02. The molecule has 3 atom stereocenters. The van der Waals surface area contributed by atoms with Crippen LogP contribution in [0.1, 0.15) is 58.4 Å². The minimum atomic E-state index is -1.90. The van der Waals surface area contributed by atoms with Crippen molar-refractivity contribution < 1.29 is 13.9 Å². The van der Waals surface area contributed by atoms with Gasteiger partial charge in [-0.15, -0.1) is 0 Å². The highest BCUT2D eigenvalue weighted by Crippen LogP contribution is 2.43. The lowest BCUT2D eigenvalue weighted by Gasteiger charge is -2.43. The fourth-order valence-corrected chi connectivity index (χ4v) is 6.67. The molecule has 0 spiro atoms. The van der Waals surface area contributed by atoms with Gasteiger partial charge in [0.1, 0.15) is 18.6 Å². The van der Waals surface area contributed by atoms with Crippen LogP contribution in [0.25, 0.3) is 0 Å². The summed E-state index contributed by atoms with van der Waals surface area (Å²) in [6, 6.07) is 6.70. The van der Waals surface area contributed by atoms with Gasteiger partial charge in [-0.1, -0.05) is 37.9 Å². The molecule has 0 bridgehead atoms. The van der Waals surface area contributed by atoms with Crippen molar-refractivity contribution >= 4 is 19.9 Å². The van der Waals surface area contributed by atoms with Gasteiger partial charge in [-0.2, -0.15) is 0 Å². The van der Waals surface area contributed by atoms with Crippen LogP contribution in [0.2, 0.25) is 23.2 Å². The van der Waals surface area contributed by atoms with Gasteiger partial charge in [0.15, 0.2) is 0 Å². The Hall–Kier alpha value is -0.853. The SMILES string of the molecule is CC(C)(C)[Si](C)(C)Oc1ccc(Cl)c(C[C@H]2C3=C(CCN2CC2CC2)[C@@H]2OCO[C@H]2CC3)c1. The summed E-state index contributed by atoms with van der Waals surface area (Å²) >= 11 is 6.78. The van der Waals surface area contributed by atoms with Gasteiger partial charge in [-0.25, -0.2) is 0 Å². The summed E-state index contributed by atoms with van der Waals surface area (Å²) in [6.45, 7) is 14.2. The lowest BCUT2D eigenvalue weighted by atomic mass is 9.78. The minimum Gasteiger partial charge on any atom is -0.543 e. The fraction of sp³-hybridized carbons (Fsp3) is 0.704. The van der Waals surface area contributed by atoms with Crippen molar-refractivity contribution in [3.8, 4) is 5.75 Å². The lowest BCUT2D eigenvalue weighted by Crippen LogP contribution is -2.47. The Morgan fingerprint density at radius 2 is 1.88 bits per heavy atom. The van der Waals surface area contributed by atoms with E-state index in [2.05, 4.69) is 50.9 Å². The van der Waals surface area contributed by atoms with E-state index in [9.17, 15) is 0 Å². The van der Waals surface area contributed by atoms with E-state index in [0.29, 0.717) is 12.8 Å². The normalized spacial score (nSPS) is 28.6. The second kappa shape index (κ2) is 8.98. The molecule has 0 radical (unpaired) electrons. The molecule has 1 aromatic carbocycles. The Bertz CT molecular complexity index is 920. The average molecular weight is 490 g/mol. The van der Waals surface area contributed by atoms with E-state index < -0.39 is 8.32 Å². The first-order valence-electron chi connectivity index (χ1n) is 12.8. The zero-order valence-corrected chi connectivity index (χ0v) is 22.7. The minimum absolute atomic E-state index is 0.166. The Labute approximate surface area is 205 Å². The van der Waals surface area contributed by atoms with Crippen molar-refractivity contribution in [3.63, 3.8) is 0 Å². The highest BCUT2D eigenvalue weighted by molar-refractivity contribution is 6.74. The molecule has 1 aromatic rings. The van der Waals surface area contributed by atoms with Crippen molar-refractivity contribution in [2.45, 2.75) is 95.7 Å². The molecule has 1 saturated carbocycles. The molecule has 2 aliphatic heterocycles. The van der Waals surface area contributed by atoms with Crippen LogP contribution in [0.15, 0.2) is 29.3 Å². The number of nitrogens with zero attached hydrogens (tertiary/aromatic N) is 1. The van der Waals surface area contributed by atoms with Crippen LogP contribution in [0.4, 0.5) is 0 Å². The predicted octanol–water partition coefficient (Wildman–Crippen LogP) is 6.58. The number of hydrogen-bond acceptors (Lipinski definition) is 4. The highest BCUT2D eigenvalue weighted by Gasteiger charge is 2.43. The van der Waals surface area contributed by atoms with Gasteiger partial charge in [0.05, 0.1) is 6.10 Å². The molecule has 182 valence electrons. The molecular formula is C27H40ClNO3Si. The van der Waals surface area contributed by atoms with Crippen molar-refractivity contribution in [1.82, 2.24) is 4.90 Å². The standard InChI is InChI=1S/C27H40ClNO3Si/c1-27(2,3)33(4,5)32-20-8-10-23(28)19(14-20)15-24-21-9-11-25-26(31-17-30-25)22(21)12-13-29(24)16-18-6-7-18/h8,10,14,18,24-26H,6-7,9,11-13,15-17H2,1-5H3/t24-,25-,26-/m0/s1. The zero-order valence-electron chi connectivity index (χ0n) is 21.0. The van der Waals surface area contributed by atoms with Gasteiger partial charge in [0.2, 0.25) is 8.32 Å². The van der Waals surface area contributed by atoms with Crippen LogP contribution < -0.4 is 4.43 Å². The number of rotatable bonds is 6. The van der Waals surface area contributed by atoms with Gasteiger partial charge >= 0.3 is 0 Å². The Balaban J connectivity index is 1.43. The number of benzene rings is 1. The van der Waals surface area contributed by atoms with Gasteiger partial charge < -0.3 is 13.9 Å². The first-order chi connectivity index (χ1) is 15.6. The summed E-state index contributed by atoms with van der Waals surface area (Å²) in [7, 11) is -1.90. The third-order valence-electron chi connectivity index (χ3n) is 8.63.